The second-order valence-electron chi connectivity index (χ2n) is 7.06. The lowest BCUT2D eigenvalue weighted by atomic mass is 9.95. The van der Waals surface area contributed by atoms with Crippen LogP contribution in [0, 0.1) is 20.8 Å². The van der Waals surface area contributed by atoms with Crippen molar-refractivity contribution in [3.05, 3.63) is 52.6 Å². The first kappa shape index (κ1) is 16.3. The lowest BCUT2D eigenvalue weighted by Crippen LogP contribution is -2.31. The van der Waals surface area contributed by atoms with Crippen molar-refractivity contribution in [3.63, 3.8) is 0 Å². The zero-order valence-corrected chi connectivity index (χ0v) is 14.7. The minimum atomic E-state index is 0.678. The SMILES string of the molecule is Cc1cc(C)c(Cn2ccnc2CNC2CCCCC2)c(C)c1. The summed E-state index contributed by atoms with van der Waals surface area (Å²) in [5, 5.41) is 3.71. The van der Waals surface area contributed by atoms with E-state index in [4.69, 9.17) is 0 Å². The third-order valence-electron chi connectivity index (χ3n) is 5.12. The van der Waals surface area contributed by atoms with Crippen LogP contribution in [0.2, 0.25) is 0 Å². The molecule has 3 rings (SSSR count). The van der Waals surface area contributed by atoms with E-state index in [0.29, 0.717) is 6.04 Å². The van der Waals surface area contributed by atoms with E-state index in [-0.39, 0.29) is 0 Å². The van der Waals surface area contributed by atoms with Crippen LogP contribution in [0.5, 0.6) is 0 Å². The highest BCUT2D eigenvalue weighted by atomic mass is 15.1. The van der Waals surface area contributed by atoms with E-state index in [2.05, 4.69) is 54.0 Å². The molecule has 1 heterocycles. The molecular formula is C20H29N3. The summed E-state index contributed by atoms with van der Waals surface area (Å²) in [6, 6.07) is 5.23. The van der Waals surface area contributed by atoms with Crippen LogP contribution in [-0.2, 0) is 13.1 Å². The molecule has 1 aliphatic carbocycles. The third-order valence-corrected chi connectivity index (χ3v) is 5.12. The Labute approximate surface area is 140 Å². The average Bonchev–Trinajstić information content (AvgIpc) is 2.97. The van der Waals surface area contributed by atoms with Crippen molar-refractivity contribution in [3.8, 4) is 0 Å². The summed E-state index contributed by atoms with van der Waals surface area (Å²) < 4.78 is 2.29. The second-order valence-corrected chi connectivity index (χ2v) is 7.06. The van der Waals surface area contributed by atoms with Gasteiger partial charge in [0.25, 0.3) is 0 Å². The first-order valence-corrected chi connectivity index (χ1v) is 8.93. The Hall–Kier alpha value is -1.61. The molecule has 23 heavy (non-hydrogen) atoms. The summed E-state index contributed by atoms with van der Waals surface area (Å²) in [6.45, 7) is 8.39. The predicted molar refractivity (Wildman–Crippen MR) is 95.7 cm³/mol. The van der Waals surface area contributed by atoms with E-state index in [1.54, 1.807) is 0 Å². The quantitative estimate of drug-likeness (QED) is 0.893. The zero-order chi connectivity index (χ0) is 16.2. The van der Waals surface area contributed by atoms with Gasteiger partial charge in [-0.15, -0.1) is 0 Å². The third kappa shape index (κ3) is 4.03. The number of benzene rings is 1. The smallest absolute Gasteiger partial charge is 0.122 e. The van der Waals surface area contributed by atoms with Crippen LogP contribution in [-0.4, -0.2) is 15.6 Å². The number of nitrogens with one attached hydrogen (secondary N) is 1. The molecule has 1 N–H and O–H groups in total. The maximum atomic E-state index is 4.57. The molecule has 0 bridgehead atoms. The van der Waals surface area contributed by atoms with Crippen molar-refractivity contribution in [2.24, 2.45) is 0 Å². The maximum Gasteiger partial charge on any atom is 0.122 e. The number of imidazole rings is 1. The standard InChI is InChI=1S/C20H29N3/c1-15-11-16(2)19(17(3)12-15)14-23-10-9-21-20(23)13-22-18-7-5-4-6-8-18/h9-12,18,22H,4-8,13-14H2,1-3H3. The van der Waals surface area contributed by atoms with Crippen molar-refractivity contribution >= 4 is 0 Å². The summed E-state index contributed by atoms with van der Waals surface area (Å²) in [5.41, 5.74) is 5.52. The van der Waals surface area contributed by atoms with Gasteiger partial charge in [-0.05, 0) is 50.3 Å². The lowest BCUT2D eigenvalue weighted by Gasteiger charge is -2.23. The minimum Gasteiger partial charge on any atom is -0.329 e. The van der Waals surface area contributed by atoms with E-state index >= 15 is 0 Å². The first-order chi connectivity index (χ1) is 11.1. The highest BCUT2D eigenvalue weighted by molar-refractivity contribution is 5.37. The molecule has 0 atom stereocenters. The Morgan fingerprint density at radius 3 is 2.48 bits per heavy atom. The first-order valence-electron chi connectivity index (χ1n) is 8.93. The Morgan fingerprint density at radius 2 is 1.78 bits per heavy atom. The molecule has 0 unspecified atom stereocenters. The van der Waals surface area contributed by atoms with Crippen molar-refractivity contribution in [2.45, 2.75) is 72.0 Å². The molecule has 1 aromatic heterocycles. The number of hydrogen-bond acceptors (Lipinski definition) is 2. The largest absolute Gasteiger partial charge is 0.329 e. The molecule has 3 nitrogen and oxygen atoms in total. The van der Waals surface area contributed by atoms with Crippen LogP contribution in [0.3, 0.4) is 0 Å². The molecule has 1 aromatic carbocycles. The number of hydrogen-bond donors (Lipinski definition) is 1. The van der Waals surface area contributed by atoms with Gasteiger partial charge in [0.15, 0.2) is 0 Å². The second kappa shape index (κ2) is 7.31. The van der Waals surface area contributed by atoms with Gasteiger partial charge in [0.05, 0.1) is 6.54 Å². The van der Waals surface area contributed by atoms with Gasteiger partial charge in [0.2, 0.25) is 0 Å². The fraction of sp³-hybridized carbons (Fsp3) is 0.550. The van der Waals surface area contributed by atoms with Gasteiger partial charge < -0.3 is 9.88 Å². The van der Waals surface area contributed by atoms with Gasteiger partial charge in [0.1, 0.15) is 5.82 Å². The summed E-state index contributed by atoms with van der Waals surface area (Å²) in [5.74, 6) is 1.15. The normalized spacial score (nSPS) is 16.0. The van der Waals surface area contributed by atoms with Crippen LogP contribution in [0.1, 0.15) is 60.2 Å². The van der Waals surface area contributed by atoms with Gasteiger partial charge in [-0.2, -0.15) is 0 Å². The van der Waals surface area contributed by atoms with Crippen molar-refractivity contribution in [2.75, 3.05) is 0 Å². The molecule has 2 aromatic rings. The number of aryl methyl sites for hydroxylation is 3. The fourth-order valence-corrected chi connectivity index (χ4v) is 3.82. The molecule has 0 spiro atoms. The Bertz CT molecular complexity index is 628. The van der Waals surface area contributed by atoms with Gasteiger partial charge in [0, 0.05) is 25.0 Å². The summed E-state index contributed by atoms with van der Waals surface area (Å²) in [7, 11) is 0. The number of rotatable bonds is 5. The van der Waals surface area contributed by atoms with Gasteiger partial charge >= 0.3 is 0 Å². The van der Waals surface area contributed by atoms with Gasteiger partial charge in [-0.25, -0.2) is 4.98 Å². The highest BCUT2D eigenvalue weighted by Crippen LogP contribution is 2.19. The maximum absolute atomic E-state index is 4.57. The van der Waals surface area contributed by atoms with Crippen molar-refractivity contribution in [1.82, 2.24) is 14.9 Å². The van der Waals surface area contributed by atoms with Gasteiger partial charge in [-0.1, -0.05) is 37.0 Å². The fourth-order valence-electron chi connectivity index (χ4n) is 3.82. The Morgan fingerprint density at radius 1 is 1.09 bits per heavy atom. The molecule has 124 valence electrons. The minimum absolute atomic E-state index is 0.678. The van der Waals surface area contributed by atoms with E-state index in [1.165, 1.54) is 54.4 Å². The number of aromatic nitrogens is 2. The molecule has 1 saturated carbocycles. The molecule has 0 aliphatic heterocycles. The van der Waals surface area contributed by atoms with Crippen LogP contribution >= 0.6 is 0 Å². The van der Waals surface area contributed by atoms with Gasteiger partial charge in [-0.3, -0.25) is 0 Å². The van der Waals surface area contributed by atoms with Crippen LogP contribution in [0.4, 0.5) is 0 Å². The van der Waals surface area contributed by atoms with E-state index < -0.39 is 0 Å². The lowest BCUT2D eigenvalue weighted by molar-refractivity contribution is 0.367. The zero-order valence-electron chi connectivity index (χ0n) is 14.7. The van der Waals surface area contributed by atoms with E-state index in [0.717, 1.165) is 18.9 Å². The Kier molecular flexibility index (Phi) is 5.16. The van der Waals surface area contributed by atoms with Crippen LogP contribution in [0.25, 0.3) is 0 Å². The number of nitrogens with zero attached hydrogens (tertiary/aromatic N) is 2. The van der Waals surface area contributed by atoms with Crippen LogP contribution in [0.15, 0.2) is 24.5 Å². The average molecular weight is 311 g/mol. The molecule has 1 fully saturated rings. The highest BCUT2D eigenvalue weighted by Gasteiger charge is 2.14. The van der Waals surface area contributed by atoms with Crippen molar-refractivity contribution < 1.29 is 0 Å². The molecule has 1 aliphatic rings. The predicted octanol–water partition coefficient (Wildman–Crippen LogP) is 4.28. The molecule has 0 radical (unpaired) electrons. The molecular weight excluding hydrogens is 282 g/mol. The summed E-state index contributed by atoms with van der Waals surface area (Å²) >= 11 is 0. The molecule has 0 amide bonds. The topological polar surface area (TPSA) is 29.9 Å². The summed E-state index contributed by atoms with van der Waals surface area (Å²) in [4.78, 5) is 4.57. The van der Waals surface area contributed by atoms with E-state index in [9.17, 15) is 0 Å². The molecule has 3 heteroatoms. The van der Waals surface area contributed by atoms with E-state index in [1.807, 2.05) is 6.20 Å². The monoisotopic (exact) mass is 311 g/mol. The Balaban J connectivity index is 1.69. The van der Waals surface area contributed by atoms with Crippen LogP contribution < -0.4 is 5.32 Å². The summed E-state index contributed by atoms with van der Waals surface area (Å²) in [6.07, 6.45) is 10.8. The van der Waals surface area contributed by atoms with Crippen molar-refractivity contribution in [1.29, 1.82) is 0 Å². The molecule has 0 saturated heterocycles.